The molecule has 124 valence electrons. The van der Waals surface area contributed by atoms with E-state index in [4.69, 9.17) is 0 Å². The predicted molar refractivity (Wildman–Crippen MR) is 89.1 cm³/mol. The Kier molecular flexibility index (Phi) is 17.1. The first-order valence-electron chi connectivity index (χ1n) is 9.29. The van der Waals surface area contributed by atoms with Gasteiger partial charge in [-0.1, -0.05) is 45.4 Å². The SMILES string of the molecule is CC1CC[CH-]CC1.[CH-]1CCC(CC2CC[CH-]CC2)CC1.[La].[Pa]. The number of rotatable bonds is 2. The number of hydrogen-bond donors (Lipinski definition) is 0. The Balaban J connectivity index is 0.000000425. The Morgan fingerprint density at radius 3 is 1.23 bits per heavy atom. The van der Waals surface area contributed by atoms with Crippen molar-refractivity contribution in [1.82, 2.24) is 0 Å². The van der Waals surface area contributed by atoms with Gasteiger partial charge in [0.15, 0.2) is 0 Å². The molecule has 2 radical (unpaired) electrons. The van der Waals surface area contributed by atoms with Crippen molar-refractivity contribution in [3.8, 4) is 0 Å². The fourth-order valence-corrected chi connectivity index (χ4v) is 4.03. The van der Waals surface area contributed by atoms with E-state index in [0.29, 0.717) is 0 Å². The summed E-state index contributed by atoms with van der Waals surface area (Å²) in [5, 5.41) is 0. The zero-order valence-electron chi connectivity index (χ0n) is 14.8. The first-order valence-corrected chi connectivity index (χ1v) is 9.29. The minimum absolute atomic E-state index is 0. The molecule has 0 nitrogen and oxygen atoms in total. The van der Waals surface area contributed by atoms with Gasteiger partial charge < -0.3 is 19.3 Å². The van der Waals surface area contributed by atoms with Gasteiger partial charge in [-0.15, -0.1) is 0 Å². The second-order valence-electron chi connectivity index (χ2n) is 7.40. The second-order valence-corrected chi connectivity index (χ2v) is 7.40. The van der Waals surface area contributed by atoms with Crippen LogP contribution in [0.3, 0.4) is 0 Å². The summed E-state index contributed by atoms with van der Waals surface area (Å²) < 4.78 is 0. The molecule has 0 spiro atoms. The van der Waals surface area contributed by atoms with Crippen molar-refractivity contribution in [2.45, 2.75) is 90.4 Å². The van der Waals surface area contributed by atoms with Crippen LogP contribution >= 0.6 is 0 Å². The molecule has 3 aliphatic rings. The van der Waals surface area contributed by atoms with Crippen LogP contribution in [0.25, 0.3) is 0 Å². The average molecular weight is 645 g/mol. The molecular weight excluding hydrogens is 610 g/mol. The monoisotopic (exact) mass is 645 g/mol. The maximum absolute atomic E-state index is 2.48. The van der Waals surface area contributed by atoms with Crippen LogP contribution in [-0.2, 0) is 0 Å². The molecule has 3 saturated carbocycles. The van der Waals surface area contributed by atoms with Crippen LogP contribution in [-0.4, -0.2) is 0 Å². The Hall–Kier alpha value is 2.29. The summed E-state index contributed by atoms with van der Waals surface area (Å²) in [5.41, 5.74) is 0. The van der Waals surface area contributed by atoms with Gasteiger partial charge in [0.2, 0.25) is 0 Å². The average Bonchev–Trinajstić information content (AvgIpc) is 2.51. The van der Waals surface area contributed by atoms with E-state index in [-0.39, 0.29) is 67.9 Å². The molecule has 0 aromatic heterocycles. The molecule has 0 amide bonds. The van der Waals surface area contributed by atoms with Gasteiger partial charge in [0.05, 0.1) is 0 Å². The summed E-state index contributed by atoms with van der Waals surface area (Å²) in [4.78, 5) is 0. The van der Waals surface area contributed by atoms with Crippen molar-refractivity contribution in [2.24, 2.45) is 17.8 Å². The predicted octanol–water partition coefficient (Wildman–Crippen LogP) is 6.57. The molecule has 2 heteroatoms. The Bertz CT molecular complexity index is 210. The Morgan fingerprint density at radius 2 is 0.955 bits per heavy atom. The molecule has 3 rings (SSSR count). The molecule has 0 aliphatic heterocycles. The minimum atomic E-state index is 0. The van der Waals surface area contributed by atoms with Gasteiger partial charge in [-0.25, -0.2) is 0 Å². The third-order valence-corrected chi connectivity index (χ3v) is 5.51. The first kappa shape index (κ1) is 24.3. The van der Waals surface area contributed by atoms with E-state index in [1.165, 1.54) is 77.0 Å². The van der Waals surface area contributed by atoms with Gasteiger partial charge in [-0.05, 0) is 24.2 Å². The van der Waals surface area contributed by atoms with Crippen LogP contribution in [0.2, 0.25) is 0 Å². The third-order valence-electron chi connectivity index (χ3n) is 5.51. The largest absolute Gasteiger partial charge is 0.328 e. The number of hydrogen-bond acceptors (Lipinski definition) is 0. The van der Waals surface area contributed by atoms with Crippen molar-refractivity contribution < 1.29 is 67.9 Å². The van der Waals surface area contributed by atoms with Gasteiger partial charge >= 0.3 is 0 Å². The van der Waals surface area contributed by atoms with Crippen molar-refractivity contribution >= 4 is 0 Å². The van der Waals surface area contributed by atoms with Crippen LogP contribution in [0.15, 0.2) is 0 Å². The summed E-state index contributed by atoms with van der Waals surface area (Å²) in [6.45, 7) is 2.34. The van der Waals surface area contributed by atoms with E-state index in [0.717, 1.165) is 17.8 Å². The zero-order valence-corrected chi connectivity index (χ0v) is 23.2. The molecule has 0 aromatic carbocycles. The first-order chi connectivity index (χ1) is 9.84. The van der Waals surface area contributed by atoms with Gasteiger partial charge in [-0.3, -0.25) is 0 Å². The molecule has 0 atom stereocenters. The maximum atomic E-state index is 2.48. The standard InChI is InChI=1S/C13H22.C7H13.La.Pa/c1-3-7-12(8-4-1)11-13-9-5-2-6-10-13;1-7-5-3-2-4-6-7;;/h1-2,12-13H,3-11H2;2,7H,3-6H2,1H3;;/q-2;-1;;. The van der Waals surface area contributed by atoms with Gasteiger partial charge in [0.25, 0.3) is 0 Å². The van der Waals surface area contributed by atoms with Gasteiger partial charge in [0, 0.05) is 67.9 Å². The Labute approximate surface area is 193 Å². The molecule has 0 bridgehead atoms. The summed E-state index contributed by atoms with van der Waals surface area (Å²) in [6, 6.07) is 0. The maximum Gasteiger partial charge on any atom is 0 e. The van der Waals surface area contributed by atoms with Crippen molar-refractivity contribution in [2.75, 3.05) is 0 Å². The molecule has 22 heavy (non-hydrogen) atoms. The van der Waals surface area contributed by atoms with E-state index in [2.05, 4.69) is 26.2 Å². The molecule has 3 fully saturated rings. The van der Waals surface area contributed by atoms with Crippen LogP contribution in [0, 0.1) is 105 Å². The fraction of sp³-hybridized carbons (Fsp3) is 0.850. The molecule has 3 aliphatic carbocycles. The minimum Gasteiger partial charge on any atom is -0.328 e. The Morgan fingerprint density at radius 1 is 0.636 bits per heavy atom. The van der Waals surface area contributed by atoms with Crippen LogP contribution in [0.4, 0.5) is 0 Å². The molecule has 0 heterocycles. The fourth-order valence-electron chi connectivity index (χ4n) is 4.03. The van der Waals surface area contributed by atoms with Crippen LogP contribution < -0.4 is 0 Å². The third kappa shape index (κ3) is 11.0. The molecule has 0 N–H and O–H groups in total. The molecular formula is C20H35LaPa-3. The van der Waals surface area contributed by atoms with E-state index >= 15 is 0 Å². The van der Waals surface area contributed by atoms with E-state index in [1.54, 1.807) is 6.42 Å². The topological polar surface area (TPSA) is 0 Å². The summed E-state index contributed by atoms with van der Waals surface area (Å²) in [7, 11) is 0. The normalized spacial score (nSPS) is 24.4. The van der Waals surface area contributed by atoms with Crippen molar-refractivity contribution in [3.63, 3.8) is 0 Å². The molecule has 0 unspecified atom stereocenters. The smallest absolute Gasteiger partial charge is 0 e. The van der Waals surface area contributed by atoms with Crippen LogP contribution in [0.5, 0.6) is 0 Å². The van der Waals surface area contributed by atoms with Crippen LogP contribution in [0.1, 0.15) is 90.4 Å². The zero-order chi connectivity index (χ0) is 14.0. The summed E-state index contributed by atoms with van der Waals surface area (Å²) >= 11 is 0. The summed E-state index contributed by atoms with van der Waals surface area (Å²) in [6.07, 6.45) is 26.0. The van der Waals surface area contributed by atoms with Crippen molar-refractivity contribution in [1.29, 1.82) is 0 Å². The second kappa shape index (κ2) is 15.5. The summed E-state index contributed by atoms with van der Waals surface area (Å²) in [5.74, 6) is 3.16. The molecule has 0 saturated heterocycles. The van der Waals surface area contributed by atoms with Gasteiger partial charge in [0.1, 0.15) is 0 Å². The van der Waals surface area contributed by atoms with E-state index in [1.807, 2.05) is 0 Å². The van der Waals surface area contributed by atoms with Crippen molar-refractivity contribution in [3.05, 3.63) is 19.3 Å². The van der Waals surface area contributed by atoms with Gasteiger partial charge in [-0.2, -0.15) is 38.5 Å². The van der Waals surface area contributed by atoms with E-state index < -0.39 is 0 Å². The quantitative estimate of drug-likeness (QED) is 0.299. The molecule has 0 aromatic rings. The van der Waals surface area contributed by atoms with E-state index in [9.17, 15) is 0 Å².